The Hall–Kier alpha value is -2.34. The zero-order valence-corrected chi connectivity index (χ0v) is 16.2. The fourth-order valence-electron chi connectivity index (χ4n) is 3.22. The molecular weight excluding hydrogens is 348 g/mol. The molecule has 3 rings (SSSR count). The Balaban J connectivity index is 1.75. The summed E-state index contributed by atoms with van der Waals surface area (Å²) in [5.41, 5.74) is 3.65. The van der Waals surface area contributed by atoms with Gasteiger partial charge in [0, 0.05) is 43.7 Å². The van der Waals surface area contributed by atoms with E-state index in [1.54, 1.807) is 17.0 Å². The summed E-state index contributed by atoms with van der Waals surface area (Å²) < 4.78 is 23.6. The van der Waals surface area contributed by atoms with E-state index >= 15 is 0 Å². The number of anilines is 1. The lowest BCUT2D eigenvalue weighted by Crippen LogP contribution is -2.49. The smallest absolute Gasteiger partial charge is 0.254 e. The fourth-order valence-corrected chi connectivity index (χ4v) is 3.87. The molecule has 1 saturated heterocycles. The van der Waals surface area contributed by atoms with Gasteiger partial charge in [-0.3, -0.25) is 4.79 Å². The van der Waals surface area contributed by atoms with Gasteiger partial charge >= 0.3 is 0 Å². The first-order valence-electron chi connectivity index (χ1n) is 8.67. The lowest BCUT2D eigenvalue weighted by molar-refractivity contribution is 0.0746. The van der Waals surface area contributed by atoms with Crippen LogP contribution in [0.25, 0.3) is 0 Å². The maximum atomic E-state index is 12.9. The zero-order valence-electron chi connectivity index (χ0n) is 15.4. The summed E-state index contributed by atoms with van der Waals surface area (Å²) in [5, 5.41) is 0. The van der Waals surface area contributed by atoms with E-state index in [0.29, 0.717) is 18.7 Å². The molecule has 0 atom stereocenters. The van der Waals surface area contributed by atoms with Crippen LogP contribution in [0.2, 0.25) is 0 Å². The van der Waals surface area contributed by atoms with Gasteiger partial charge in [-0.05, 0) is 49.2 Å². The van der Waals surface area contributed by atoms with Gasteiger partial charge in [0.1, 0.15) is 0 Å². The number of benzene rings is 2. The number of hydrogen-bond donors (Lipinski definition) is 0. The quantitative estimate of drug-likeness (QED) is 0.831. The average molecular weight is 372 g/mol. The second-order valence-electron chi connectivity index (χ2n) is 6.87. The predicted octanol–water partition coefficient (Wildman–Crippen LogP) is 2.67. The highest BCUT2D eigenvalue weighted by atomic mass is 32.2. The molecule has 0 aromatic heterocycles. The van der Waals surface area contributed by atoms with Crippen molar-refractivity contribution < 1.29 is 13.2 Å². The van der Waals surface area contributed by atoms with Gasteiger partial charge < -0.3 is 9.80 Å². The van der Waals surface area contributed by atoms with Gasteiger partial charge in [-0.1, -0.05) is 18.2 Å². The van der Waals surface area contributed by atoms with Crippen LogP contribution < -0.4 is 4.90 Å². The van der Waals surface area contributed by atoms with E-state index in [9.17, 15) is 13.2 Å². The van der Waals surface area contributed by atoms with E-state index in [1.165, 1.54) is 17.3 Å². The number of carbonyl (C=O) groups excluding carboxylic acids is 1. The minimum absolute atomic E-state index is 0.100. The van der Waals surface area contributed by atoms with E-state index in [-0.39, 0.29) is 10.8 Å². The second-order valence-corrected chi connectivity index (χ2v) is 8.88. The van der Waals surface area contributed by atoms with Crippen molar-refractivity contribution in [2.75, 3.05) is 37.3 Å². The average Bonchev–Trinajstić information content (AvgIpc) is 2.61. The molecule has 1 fully saturated rings. The highest BCUT2D eigenvalue weighted by Crippen LogP contribution is 2.21. The maximum Gasteiger partial charge on any atom is 0.254 e. The van der Waals surface area contributed by atoms with Gasteiger partial charge in [-0.15, -0.1) is 0 Å². The maximum absolute atomic E-state index is 12.9. The van der Waals surface area contributed by atoms with Crippen molar-refractivity contribution in [1.29, 1.82) is 0 Å². The summed E-state index contributed by atoms with van der Waals surface area (Å²) in [6, 6.07) is 13.1. The van der Waals surface area contributed by atoms with E-state index in [4.69, 9.17) is 0 Å². The molecule has 2 aromatic rings. The van der Waals surface area contributed by atoms with Gasteiger partial charge in [0.05, 0.1) is 4.90 Å². The third kappa shape index (κ3) is 3.90. The minimum Gasteiger partial charge on any atom is -0.368 e. The molecule has 5 nitrogen and oxygen atoms in total. The molecule has 1 aliphatic heterocycles. The lowest BCUT2D eigenvalue weighted by Gasteiger charge is -2.36. The summed E-state index contributed by atoms with van der Waals surface area (Å²) in [5.74, 6) is -0.100. The highest BCUT2D eigenvalue weighted by molar-refractivity contribution is 7.90. The summed E-state index contributed by atoms with van der Waals surface area (Å²) >= 11 is 0. The number of carbonyl (C=O) groups is 1. The first kappa shape index (κ1) is 18.5. The van der Waals surface area contributed by atoms with Gasteiger partial charge in [0.15, 0.2) is 9.84 Å². The van der Waals surface area contributed by atoms with E-state index < -0.39 is 9.84 Å². The van der Waals surface area contributed by atoms with Crippen LogP contribution in [0.4, 0.5) is 5.69 Å². The first-order valence-corrected chi connectivity index (χ1v) is 10.6. The number of sulfone groups is 1. The van der Waals surface area contributed by atoms with Crippen LogP contribution in [0.3, 0.4) is 0 Å². The molecule has 1 amide bonds. The molecule has 6 heteroatoms. The van der Waals surface area contributed by atoms with Crippen LogP contribution in [0, 0.1) is 13.8 Å². The van der Waals surface area contributed by atoms with Crippen molar-refractivity contribution in [2.24, 2.45) is 0 Å². The van der Waals surface area contributed by atoms with Crippen molar-refractivity contribution in [1.82, 2.24) is 4.90 Å². The molecule has 0 radical (unpaired) electrons. The van der Waals surface area contributed by atoms with Crippen LogP contribution in [0.5, 0.6) is 0 Å². The monoisotopic (exact) mass is 372 g/mol. The van der Waals surface area contributed by atoms with Crippen LogP contribution >= 0.6 is 0 Å². The molecule has 0 saturated carbocycles. The Labute approximate surface area is 155 Å². The lowest BCUT2D eigenvalue weighted by atomic mass is 10.1. The number of hydrogen-bond acceptors (Lipinski definition) is 4. The minimum atomic E-state index is -3.33. The van der Waals surface area contributed by atoms with Gasteiger partial charge in [0.25, 0.3) is 5.91 Å². The number of rotatable bonds is 3. The summed E-state index contributed by atoms with van der Waals surface area (Å²) in [7, 11) is -3.33. The third-order valence-electron chi connectivity index (χ3n) is 4.80. The molecule has 1 heterocycles. The summed E-state index contributed by atoms with van der Waals surface area (Å²) in [4.78, 5) is 17.2. The van der Waals surface area contributed by atoms with Crippen molar-refractivity contribution >= 4 is 21.4 Å². The molecule has 0 aliphatic carbocycles. The molecule has 0 N–H and O–H groups in total. The van der Waals surface area contributed by atoms with E-state index in [1.807, 2.05) is 13.0 Å². The number of aryl methyl sites for hydroxylation is 2. The molecule has 0 bridgehead atoms. The van der Waals surface area contributed by atoms with Crippen LogP contribution in [-0.4, -0.2) is 51.7 Å². The van der Waals surface area contributed by atoms with Crippen LogP contribution in [-0.2, 0) is 9.84 Å². The Kier molecular flexibility index (Phi) is 5.05. The SMILES string of the molecule is Cc1cccc(N2CCN(C(=O)c3cc(S(C)(=O)=O)ccc3C)CC2)c1. The summed E-state index contributed by atoms with van der Waals surface area (Å²) in [6.07, 6.45) is 1.16. The van der Waals surface area contributed by atoms with Crippen molar-refractivity contribution in [2.45, 2.75) is 18.7 Å². The zero-order chi connectivity index (χ0) is 18.9. The van der Waals surface area contributed by atoms with Gasteiger partial charge in [-0.25, -0.2) is 8.42 Å². The van der Waals surface area contributed by atoms with Crippen LogP contribution in [0.15, 0.2) is 47.4 Å². The predicted molar refractivity (Wildman–Crippen MR) is 104 cm³/mol. The number of nitrogens with zero attached hydrogens (tertiary/aromatic N) is 2. The van der Waals surface area contributed by atoms with Gasteiger partial charge in [-0.2, -0.15) is 0 Å². The molecule has 0 spiro atoms. The van der Waals surface area contributed by atoms with E-state index in [2.05, 4.69) is 30.0 Å². The molecule has 1 aliphatic rings. The van der Waals surface area contributed by atoms with E-state index in [0.717, 1.165) is 24.9 Å². The molecule has 2 aromatic carbocycles. The van der Waals surface area contributed by atoms with Crippen molar-refractivity contribution in [3.63, 3.8) is 0 Å². The van der Waals surface area contributed by atoms with Gasteiger partial charge in [0.2, 0.25) is 0 Å². The molecule has 138 valence electrons. The van der Waals surface area contributed by atoms with Crippen molar-refractivity contribution in [3.8, 4) is 0 Å². The molecular formula is C20H24N2O3S. The molecule has 0 unspecified atom stereocenters. The third-order valence-corrected chi connectivity index (χ3v) is 5.91. The highest BCUT2D eigenvalue weighted by Gasteiger charge is 2.24. The standard InChI is InChI=1S/C20H24N2O3S/c1-15-5-4-6-17(13-15)21-9-11-22(12-10-21)20(23)19-14-18(26(3,24)25)8-7-16(19)2/h4-8,13-14H,9-12H2,1-3H3. The number of piperazine rings is 1. The van der Waals surface area contributed by atoms with Crippen molar-refractivity contribution in [3.05, 3.63) is 59.2 Å². The first-order chi connectivity index (χ1) is 12.3. The Morgan fingerprint density at radius 2 is 1.65 bits per heavy atom. The topological polar surface area (TPSA) is 57.7 Å². The largest absolute Gasteiger partial charge is 0.368 e. The Morgan fingerprint density at radius 3 is 2.27 bits per heavy atom. The normalized spacial score (nSPS) is 15.2. The fraction of sp³-hybridized carbons (Fsp3) is 0.350. The molecule has 26 heavy (non-hydrogen) atoms. The second kappa shape index (κ2) is 7.11. The summed E-state index contributed by atoms with van der Waals surface area (Å²) in [6.45, 7) is 6.67. The van der Waals surface area contributed by atoms with Crippen LogP contribution in [0.1, 0.15) is 21.5 Å². The Morgan fingerprint density at radius 1 is 0.962 bits per heavy atom. The number of amides is 1. The Bertz CT molecular complexity index is 930.